The first-order valence-corrected chi connectivity index (χ1v) is 11.5. The van der Waals surface area contributed by atoms with E-state index in [0.717, 1.165) is 0 Å². The lowest BCUT2D eigenvalue weighted by molar-refractivity contribution is -0.139. The molecule has 158 valence electrons. The summed E-state index contributed by atoms with van der Waals surface area (Å²) in [7, 11) is -2.13. The lowest BCUT2D eigenvalue weighted by Gasteiger charge is -2.16. The number of nitrogens with zero attached hydrogens (tertiary/aromatic N) is 1. The van der Waals surface area contributed by atoms with Crippen molar-refractivity contribution >= 4 is 42.5 Å². The van der Waals surface area contributed by atoms with Gasteiger partial charge in [-0.2, -0.15) is 0 Å². The van der Waals surface area contributed by atoms with Gasteiger partial charge in [0.1, 0.15) is 11.6 Å². The number of halogens is 2. The van der Waals surface area contributed by atoms with Gasteiger partial charge in [0.2, 0.25) is 5.88 Å². The SMILES string of the molecule is CCS(=O)(=O)c1cnc(Oc2c(C)c(CC(=O)OC)cc3ccc(F)cc23)c(Br)c1. The van der Waals surface area contributed by atoms with Crippen LogP contribution in [0, 0.1) is 12.7 Å². The molecule has 6 nitrogen and oxygen atoms in total. The molecular formula is C21H19BrFNO5S. The standard InChI is InChI=1S/C21H19BrFNO5S/c1-4-30(26,27)16-10-18(22)21(24-11-16)29-20-12(2)14(8-19(25)28-3)7-13-5-6-15(23)9-17(13)20/h5-7,9-11H,4,8H2,1-3H3. The molecule has 0 aliphatic heterocycles. The topological polar surface area (TPSA) is 82.6 Å². The number of aromatic nitrogens is 1. The van der Waals surface area contributed by atoms with Gasteiger partial charge in [0, 0.05) is 11.6 Å². The van der Waals surface area contributed by atoms with Gasteiger partial charge in [-0.15, -0.1) is 0 Å². The number of esters is 1. The van der Waals surface area contributed by atoms with Gasteiger partial charge in [0.05, 0.1) is 28.7 Å². The Hall–Kier alpha value is -2.52. The van der Waals surface area contributed by atoms with E-state index in [9.17, 15) is 17.6 Å². The first kappa shape index (κ1) is 22.2. The number of ether oxygens (including phenoxy) is 2. The lowest BCUT2D eigenvalue weighted by Crippen LogP contribution is -2.07. The number of fused-ring (bicyclic) bond motifs is 1. The molecule has 0 spiro atoms. The number of methoxy groups -OCH3 is 1. The van der Waals surface area contributed by atoms with Crippen molar-refractivity contribution in [2.24, 2.45) is 0 Å². The highest BCUT2D eigenvalue weighted by Gasteiger charge is 2.19. The average molecular weight is 496 g/mol. The number of hydrogen-bond acceptors (Lipinski definition) is 6. The van der Waals surface area contributed by atoms with Crippen LogP contribution in [0.5, 0.6) is 11.6 Å². The second-order valence-corrected chi connectivity index (χ2v) is 9.70. The van der Waals surface area contributed by atoms with Gasteiger partial charge in [-0.3, -0.25) is 4.79 Å². The minimum Gasteiger partial charge on any atom is -0.469 e. The predicted octanol–water partition coefficient (Wildman–Crippen LogP) is 4.75. The summed E-state index contributed by atoms with van der Waals surface area (Å²) in [6, 6.07) is 7.45. The Kier molecular flexibility index (Phi) is 6.42. The van der Waals surface area contributed by atoms with Crippen molar-refractivity contribution in [3.63, 3.8) is 0 Å². The van der Waals surface area contributed by atoms with Gasteiger partial charge in [-0.25, -0.2) is 17.8 Å². The van der Waals surface area contributed by atoms with E-state index in [4.69, 9.17) is 9.47 Å². The minimum absolute atomic E-state index is 0.0221. The van der Waals surface area contributed by atoms with E-state index in [2.05, 4.69) is 20.9 Å². The summed E-state index contributed by atoms with van der Waals surface area (Å²) in [5.41, 5.74) is 1.29. The molecule has 3 aromatic rings. The van der Waals surface area contributed by atoms with E-state index in [1.165, 1.54) is 31.5 Å². The summed E-state index contributed by atoms with van der Waals surface area (Å²) < 4.78 is 49.2. The van der Waals surface area contributed by atoms with Crippen LogP contribution in [-0.4, -0.2) is 32.2 Å². The smallest absolute Gasteiger partial charge is 0.309 e. The molecule has 0 saturated carbocycles. The van der Waals surface area contributed by atoms with Crippen molar-refractivity contribution < 1.29 is 27.1 Å². The molecule has 1 heterocycles. The Bertz CT molecular complexity index is 1240. The number of sulfone groups is 1. The van der Waals surface area contributed by atoms with Crippen LogP contribution in [0.4, 0.5) is 4.39 Å². The Morgan fingerprint density at radius 1 is 1.23 bits per heavy atom. The number of rotatable bonds is 6. The van der Waals surface area contributed by atoms with Crippen LogP contribution >= 0.6 is 15.9 Å². The number of pyridine rings is 1. The Labute approximate surface area is 182 Å². The van der Waals surface area contributed by atoms with Crippen LogP contribution in [0.25, 0.3) is 10.8 Å². The zero-order valence-electron chi connectivity index (χ0n) is 16.5. The first-order chi connectivity index (χ1) is 14.2. The van der Waals surface area contributed by atoms with Crippen LogP contribution < -0.4 is 4.74 Å². The molecule has 0 aliphatic rings. The highest BCUT2D eigenvalue weighted by atomic mass is 79.9. The predicted molar refractivity (Wildman–Crippen MR) is 114 cm³/mol. The van der Waals surface area contributed by atoms with Gasteiger partial charge >= 0.3 is 5.97 Å². The fourth-order valence-corrected chi connectivity index (χ4v) is 4.38. The zero-order chi connectivity index (χ0) is 22.1. The van der Waals surface area contributed by atoms with Gasteiger partial charge in [0.15, 0.2) is 9.84 Å². The fraction of sp³-hybridized carbons (Fsp3) is 0.238. The largest absolute Gasteiger partial charge is 0.469 e. The van der Waals surface area contributed by atoms with Crippen LogP contribution in [-0.2, 0) is 25.8 Å². The number of hydrogen-bond donors (Lipinski definition) is 0. The van der Waals surface area contributed by atoms with Gasteiger partial charge in [-0.05, 0) is 57.6 Å². The molecule has 0 bridgehead atoms. The molecule has 3 rings (SSSR count). The Morgan fingerprint density at radius 3 is 2.60 bits per heavy atom. The molecule has 2 aromatic carbocycles. The number of carbonyl (C=O) groups excluding carboxylic acids is 1. The normalized spacial score (nSPS) is 11.5. The molecule has 0 amide bonds. The molecule has 0 radical (unpaired) electrons. The summed E-state index contributed by atoms with van der Waals surface area (Å²) in [5, 5.41) is 1.18. The summed E-state index contributed by atoms with van der Waals surface area (Å²) in [6.07, 6.45) is 1.24. The van der Waals surface area contributed by atoms with Crippen molar-refractivity contribution in [1.82, 2.24) is 4.98 Å². The van der Waals surface area contributed by atoms with Crippen molar-refractivity contribution in [3.8, 4) is 11.6 Å². The third kappa shape index (κ3) is 4.46. The Balaban J connectivity index is 2.14. The number of carbonyl (C=O) groups is 1. The third-order valence-electron chi connectivity index (χ3n) is 4.69. The Morgan fingerprint density at radius 2 is 1.97 bits per heavy atom. The highest BCUT2D eigenvalue weighted by Crippen LogP contribution is 2.38. The molecule has 0 fully saturated rings. The molecule has 0 atom stereocenters. The maximum absolute atomic E-state index is 13.9. The summed E-state index contributed by atoms with van der Waals surface area (Å²) in [5.74, 6) is -0.470. The summed E-state index contributed by atoms with van der Waals surface area (Å²) in [6.45, 7) is 3.30. The molecule has 0 unspecified atom stereocenters. The average Bonchev–Trinajstić information content (AvgIpc) is 2.72. The highest BCUT2D eigenvalue weighted by molar-refractivity contribution is 9.10. The number of benzene rings is 2. The van der Waals surface area contributed by atoms with E-state index >= 15 is 0 Å². The van der Waals surface area contributed by atoms with Crippen LogP contribution in [0.2, 0.25) is 0 Å². The van der Waals surface area contributed by atoms with E-state index in [0.29, 0.717) is 32.1 Å². The lowest BCUT2D eigenvalue weighted by atomic mass is 9.98. The van der Waals surface area contributed by atoms with E-state index in [1.54, 1.807) is 26.0 Å². The van der Waals surface area contributed by atoms with Crippen LogP contribution in [0.15, 0.2) is 45.9 Å². The second kappa shape index (κ2) is 8.69. The fourth-order valence-electron chi connectivity index (χ4n) is 2.95. The maximum Gasteiger partial charge on any atom is 0.309 e. The van der Waals surface area contributed by atoms with Crippen molar-refractivity contribution in [1.29, 1.82) is 0 Å². The van der Waals surface area contributed by atoms with Gasteiger partial charge in [-0.1, -0.05) is 19.1 Å². The van der Waals surface area contributed by atoms with E-state index in [1.807, 2.05) is 0 Å². The molecular weight excluding hydrogens is 477 g/mol. The van der Waals surface area contributed by atoms with Crippen molar-refractivity contribution in [3.05, 3.63) is 57.9 Å². The molecule has 1 aromatic heterocycles. The van der Waals surface area contributed by atoms with Gasteiger partial charge < -0.3 is 9.47 Å². The first-order valence-electron chi connectivity index (χ1n) is 9.01. The third-order valence-corrected chi connectivity index (χ3v) is 6.96. The minimum atomic E-state index is -3.43. The van der Waals surface area contributed by atoms with Gasteiger partial charge in [0.25, 0.3) is 0 Å². The molecule has 0 aliphatic carbocycles. The quantitative estimate of drug-likeness (QED) is 0.459. The van der Waals surface area contributed by atoms with E-state index in [-0.39, 0.29) is 22.9 Å². The molecule has 9 heteroatoms. The maximum atomic E-state index is 13.9. The summed E-state index contributed by atoms with van der Waals surface area (Å²) in [4.78, 5) is 16.0. The summed E-state index contributed by atoms with van der Waals surface area (Å²) >= 11 is 3.30. The van der Waals surface area contributed by atoms with Crippen LogP contribution in [0.3, 0.4) is 0 Å². The molecule has 0 N–H and O–H groups in total. The van der Waals surface area contributed by atoms with E-state index < -0.39 is 21.6 Å². The monoisotopic (exact) mass is 495 g/mol. The molecule has 0 saturated heterocycles. The van der Waals surface area contributed by atoms with Crippen LogP contribution in [0.1, 0.15) is 18.1 Å². The molecule has 30 heavy (non-hydrogen) atoms. The van der Waals surface area contributed by atoms with Crippen molar-refractivity contribution in [2.75, 3.05) is 12.9 Å². The zero-order valence-corrected chi connectivity index (χ0v) is 18.9. The second-order valence-electron chi connectivity index (χ2n) is 6.57. The van der Waals surface area contributed by atoms with Crippen molar-refractivity contribution in [2.45, 2.75) is 25.2 Å².